The number of aromatic nitrogens is 1. The van der Waals surface area contributed by atoms with Crippen molar-refractivity contribution in [2.45, 2.75) is 32.1 Å². The maximum absolute atomic E-state index is 11.7. The predicted octanol–water partition coefficient (Wildman–Crippen LogP) is 2.01. The molecule has 0 atom stereocenters. The van der Waals surface area contributed by atoms with Crippen molar-refractivity contribution < 1.29 is 4.79 Å². The average molecular weight is 293 g/mol. The van der Waals surface area contributed by atoms with Gasteiger partial charge in [-0.2, -0.15) is 0 Å². The van der Waals surface area contributed by atoms with Gasteiger partial charge in [-0.15, -0.1) is 11.3 Å². The molecule has 0 radical (unpaired) electrons. The number of Topliss-reactive ketones (excluding diaryl/α,β-unsaturated/α-hetero) is 1. The number of piperazine rings is 1. The molecule has 2 heterocycles. The first-order chi connectivity index (χ1) is 9.63. The van der Waals surface area contributed by atoms with Gasteiger partial charge in [0.2, 0.25) is 0 Å². The van der Waals surface area contributed by atoms with E-state index in [0.717, 1.165) is 54.7 Å². The van der Waals surface area contributed by atoms with E-state index in [2.05, 4.69) is 16.8 Å². The first-order valence-electron chi connectivity index (χ1n) is 7.55. The molecule has 0 amide bonds. The molecular formula is C15H23N3OS. The standard InChI is InChI=1S/C15H23N3OS/c1-11(19)15-14(12-3-4-12)16-13(20-15)5-6-18-9-7-17(2)8-10-18/h12H,3-10H2,1-2H3. The van der Waals surface area contributed by atoms with Gasteiger partial charge in [-0.1, -0.05) is 0 Å². The highest BCUT2D eigenvalue weighted by Crippen LogP contribution is 2.42. The van der Waals surface area contributed by atoms with Crippen LogP contribution >= 0.6 is 11.3 Å². The van der Waals surface area contributed by atoms with Gasteiger partial charge >= 0.3 is 0 Å². The Morgan fingerprint density at radius 1 is 1.30 bits per heavy atom. The number of nitrogens with zero attached hydrogens (tertiary/aromatic N) is 3. The molecule has 1 aromatic rings. The zero-order valence-electron chi connectivity index (χ0n) is 12.4. The van der Waals surface area contributed by atoms with Crippen LogP contribution in [-0.4, -0.2) is 60.3 Å². The third kappa shape index (κ3) is 3.27. The first-order valence-corrected chi connectivity index (χ1v) is 8.36. The molecule has 1 aromatic heterocycles. The minimum atomic E-state index is 0.190. The Morgan fingerprint density at radius 3 is 2.60 bits per heavy atom. The number of carbonyl (C=O) groups is 1. The Hall–Kier alpha value is -0.780. The summed E-state index contributed by atoms with van der Waals surface area (Å²) < 4.78 is 0. The molecule has 1 saturated carbocycles. The topological polar surface area (TPSA) is 36.4 Å². The minimum Gasteiger partial charge on any atom is -0.304 e. The highest BCUT2D eigenvalue weighted by molar-refractivity contribution is 7.13. The molecule has 5 heteroatoms. The largest absolute Gasteiger partial charge is 0.304 e. The number of rotatable bonds is 5. The zero-order valence-corrected chi connectivity index (χ0v) is 13.2. The lowest BCUT2D eigenvalue weighted by molar-refractivity contribution is 0.102. The second-order valence-corrected chi connectivity index (χ2v) is 7.13. The van der Waals surface area contributed by atoms with Gasteiger partial charge in [-0.25, -0.2) is 4.98 Å². The fraction of sp³-hybridized carbons (Fsp3) is 0.733. The lowest BCUT2D eigenvalue weighted by Gasteiger charge is -2.32. The van der Waals surface area contributed by atoms with Gasteiger partial charge in [0, 0.05) is 52.0 Å². The Bertz CT molecular complexity index is 487. The van der Waals surface area contributed by atoms with E-state index in [4.69, 9.17) is 4.98 Å². The normalized spacial score (nSPS) is 21.3. The molecule has 2 aliphatic rings. The van der Waals surface area contributed by atoms with Gasteiger partial charge in [0.25, 0.3) is 0 Å². The van der Waals surface area contributed by atoms with Crippen molar-refractivity contribution in [2.75, 3.05) is 39.8 Å². The monoisotopic (exact) mass is 293 g/mol. The van der Waals surface area contributed by atoms with Gasteiger partial charge < -0.3 is 9.80 Å². The van der Waals surface area contributed by atoms with Crippen molar-refractivity contribution in [3.63, 3.8) is 0 Å². The fourth-order valence-electron chi connectivity index (χ4n) is 2.70. The van der Waals surface area contributed by atoms with Crippen LogP contribution in [0.2, 0.25) is 0 Å². The summed E-state index contributed by atoms with van der Waals surface area (Å²) in [6.45, 7) is 7.36. The molecule has 3 rings (SSSR count). The summed E-state index contributed by atoms with van der Waals surface area (Å²) in [6, 6.07) is 0. The van der Waals surface area contributed by atoms with Gasteiger partial charge in [0.15, 0.2) is 5.78 Å². The molecule has 1 saturated heterocycles. The van der Waals surface area contributed by atoms with E-state index in [-0.39, 0.29) is 5.78 Å². The average Bonchev–Trinajstić information content (AvgIpc) is 3.18. The van der Waals surface area contributed by atoms with Crippen LogP contribution in [-0.2, 0) is 6.42 Å². The molecule has 0 unspecified atom stereocenters. The van der Waals surface area contributed by atoms with Crippen molar-refractivity contribution in [3.8, 4) is 0 Å². The van der Waals surface area contributed by atoms with Gasteiger partial charge in [-0.05, 0) is 19.9 Å². The highest BCUT2D eigenvalue weighted by Gasteiger charge is 2.31. The lowest BCUT2D eigenvalue weighted by Crippen LogP contribution is -2.45. The van der Waals surface area contributed by atoms with Crippen LogP contribution in [0.5, 0.6) is 0 Å². The van der Waals surface area contributed by atoms with Crippen LogP contribution in [0.4, 0.5) is 0 Å². The van der Waals surface area contributed by atoms with E-state index in [9.17, 15) is 4.79 Å². The maximum atomic E-state index is 11.7. The van der Waals surface area contributed by atoms with Crippen LogP contribution in [0.1, 0.15) is 46.1 Å². The molecule has 0 bridgehead atoms. The molecule has 1 aliphatic carbocycles. The molecular weight excluding hydrogens is 270 g/mol. The quantitative estimate of drug-likeness (QED) is 0.778. The fourth-order valence-corrected chi connectivity index (χ4v) is 3.73. The summed E-state index contributed by atoms with van der Waals surface area (Å²) in [5.74, 6) is 0.762. The van der Waals surface area contributed by atoms with Crippen LogP contribution in [0.15, 0.2) is 0 Å². The van der Waals surface area contributed by atoms with Crippen molar-refractivity contribution >= 4 is 17.1 Å². The maximum Gasteiger partial charge on any atom is 0.171 e. The van der Waals surface area contributed by atoms with E-state index in [0.29, 0.717) is 5.92 Å². The molecule has 2 fully saturated rings. The van der Waals surface area contributed by atoms with Crippen LogP contribution in [0, 0.1) is 0 Å². The van der Waals surface area contributed by atoms with E-state index in [1.54, 1.807) is 18.3 Å². The number of likely N-dealkylation sites (N-methyl/N-ethyl adjacent to an activating group) is 1. The summed E-state index contributed by atoms with van der Waals surface area (Å²) in [5.41, 5.74) is 1.09. The molecule has 0 aromatic carbocycles. The lowest BCUT2D eigenvalue weighted by atomic mass is 10.2. The summed E-state index contributed by atoms with van der Waals surface area (Å²) in [4.78, 5) is 22.3. The molecule has 0 spiro atoms. The Balaban J connectivity index is 1.60. The van der Waals surface area contributed by atoms with Crippen LogP contribution < -0.4 is 0 Å². The van der Waals surface area contributed by atoms with Crippen molar-refractivity contribution in [2.24, 2.45) is 0 Å². The minimum absolute atomic E-state index is 0.190. The van der Waals surface area contributed by atoms with E-state index in [1.165, 1.54) is 12.8 Å². The molecule has 0 N–H and O–H groups in total. The summed E-state index contributed by atoms with van der Waals surface area (Å²) >= 11 is 1.63. The zero-order chi connectivity index (χ0) is 14.1. The molecule has 4 nitrogen and oxygen atoms in total. The smallest absolute Gasteiger partial charge is 0.171 e. The third-order valence-electron chi connectivity index (χ3n) is 4.22. The molecule has 20 heavy (non-hydrogen) atoms. The van der Waals surface area contributed by atoms with Gasteiger partial charge in [0.05, 0.1) is 15.6 Å². The van der Waals surface area contributed by atoms with Crippen LogP contribution in [0.3, 0.4) is 0 Å². The van der Waals surface area contributed by atoms with Gasteiger partial charge in [0.1, 0.15) is 0 Å². The van der Waals surface area contributed by atoms with E-state index in [1.807, 2.05) is 0 Å². The summed E-state index contributed by atoms with van der Waals surface area (Å²) in [5, 5.41) is 1.15. The van der Waals surface area contributed by atoms with Crippen molar-refractivity contribution in [1.82, 2.24) is 14.8 Å². The van der Waals surface area contributed by atoms with Crippen molar-refractivity contribution in [1.29, 1.82) is 0 Å². The van der Waals surface area contributed by atoms with E-state index >= 15 is 0 Å². The SMILES string of the molecule is CC(=O)c1sc(CCN2CCN(C)CC2)nc1C1CC1. The Morgan fingerprint density at radius 2 is 2.00 bits per heavy atom. The Labute approximate surface area is 124 Å². The number of hydrogen-bond donors (Lipinski definition) is 0. The summed E-state index contributed by atoms with van der Waals surface area (Å²) in [7, 11) is 2.18. The second-order valence-electron chi connectivity index (χ2n) is 6.05. The number of hydrogen-bond acceptors (Lipinski definition) is 5. The summed E-state index contributed by atoms with van der Waals surface area (Å²) in [6.07, 6.45) is 3.41. The van der Waals surface area contributed by atoms with E-state index < -0.39 is 0 Å². The van der Waals surface area contributed by atoms with Gasteiger partial charge in [-0.3, -0.25) is 4.79 Å². The second kappa shape index (κ2) is 5.92. The Kier molecular flexibility index (Phi) is 4.19. The highest BCUT2D eigenvalue weighted by atomic mass is 32.1. The predicted molar refractivity (Wildman–Crippen MR) is 81.7 cm³/mol. The molecule has 110 valence electrons. The number of ketones is 1. The number of thiazole rings is 1. The first kappa shape index (κ1) is 14.2. The number of carbonyl (C=O) groups excluding carboxylic acids is 1. The third-order valence-corrected chi connectivity index (χ3v) is 5.45. The molecule has 1 aliphatic heterocycles. The van der Waals surface area contributed by atoms with Crippen molar-refractivity contribution in [3.05, 3.63) is 15.6 Å². The van der Waals surface area contributed by atoms with Crippen LogP contribution in [0.25, 0.3) is 0 Å².